The molecule has 5 nitrogen and oxygen atoms in total. The molecule has 0 amide bonds. The third-order valence-corrected chi connectivity index (χ3v) is 1.91. The molecule has 1 aromatic rings. The lowest BCUT2D eigenvalue weighted by Crippen LogP contribution is -2.21. The molecule has 15 heavy (non-hydrogen) atoms. The van der Waals surface area contributed by atoms with Gasteiger partial charge in [0.15, 0.2) is 0 Å². The molecule has 0 aliphatic carbocycles. The third-order valence-electron chi connectivity index (χ3n) is 1.91. The highest BCUT2D eigenvalue weighted by Crippen LogP contribution is 2.04. The fourth-order valence-corrected chi connectivity index (χ4v) is 1.33. The average Bonchev–Trinajstić information content (AvgIpc) is 2.09. The number of nitrogens with zero attached hydrogens (tertiary/aromatic N) is 1. The summed E-state index contributed by atoms with van der Waals surface area (Å²) in [5.74, 6) is -0.890. The molecule has 0 aromatic carbocycles. The molecule has 0 unspecified atom stereocenters. The average molecular weight is 210 g/mol. The Kier molecular flexibility index (Phi) is 3.14. The van der Waals surface area contributed by atoms with E-state index in [1.165, 1.54) is 12.4 Å². The van der Waals surface area contributed by atoms with Gasteiger partial charge in [0, 0.05) is 18.9 Å². The predicted molar refractivity (Wildman–Crippen MR) is 56.9 cm³/mol. The summed E-state index contributed by atoms with van der Waals surface area (Å²) in [6.07, 6.45) is 2.79. The van der Waals surface area contributed by atoms with E-state index in [2.05, 4.69) is 0 Å². The quantitative estimate of drug-likeness (QED) is 0.772. The highest BCUT2D eigenvalue weighted by atomic mass is 16.4. The number of pyridine rings is 1. The Morgan fingerprint density at radius 1 is 1.53 bits per heavy atom. The van der Waals surface area contributed by atoms with Crippen LogP contribution in [0.4, 0.5) is 5.69 Å². The molecule has 0 aliphatic rings. The monoisotopic (exact) mass is 210 g/mol. The van der Waals surface area contributed by atoms with Crippen LogP contribution in [0, 0.1) is 5.92 Å². The summed E-state index contributed by atoms with van der Waals surface area (Å²) in [7, 11) is 0. The fourth-order valence-electron chi connectivity index (χ4n) is 1.33. The maximum Gasteiger partial charge on any atom is 0.341 e. The van der Waals surface area contributed by atoms with Crippen molar-refractivity contribution < 1.29 is 9.90 Å². The molecule has 0 fully saturated rings. The molecule has 0 saturated heterocycles. The fraction of sp³-hybridized carbons (Fsp3) is 0.400. The molecule has 0 spiro atoms. The summed E-state index contributed by atoms with van der Waals surface area (Å²) in [6.45, 7) is 4.62. The highest BCUT2D eigenvalue weighted by molar-refractivity contribution is 5.88. The zero-order valence-corrected chi connectivity index (χ0v) is 8.73. The number of carboxylic acids is 1. The van der Waals surface area contributed by atoms with Crippen LogP contribution in [0.3, 0.4) is 0 Å². The lowest BCUT2D eigenvalue weighted by molar-refractivity contribution is 0.0694. The third kappa shape index (κ3) is 2.59. The second-order valence-corrected chi connectivity index (χ2v) is 3.85. The summed E-state index contributed by atoms with van der Waals surface area (Å²) in [5, 5.41) is 8.78. The van der Waals surface area contributed by atoms with E-state index in [1.807, 2.05) is 13.8 Å². The number of nitrogens with two attached hydrogens (primary N) is 1. The smallest absolute Gasteiger partial charge is 0.341 e. The van der Waals surface area contributed by atoms with E-state index in [1.54, 1.807) is 4.57 Å². The number of carboxylic acid groups (broad SMARTS) is 1. The Balaban J connectivity index is 3.23. The van der Waals surface area contributed by atoms with Crippen molar-refractivity contribution in [3.8, 4) is 0 Å². The van der Waals surface area contributed by atoms with Gasteiger partial charge in [-0.1, -0.05) is 13.8 Å². The van der Waals surface area contributed by atoms with E-state index in [0.717, 1.165) is 0 Å². The number of nitrogen functional groups attached to an aromatic ring is 1. The van der Waals surface area contributed by atoms with Gasteiger partial charge in [-0.3, -0.25) is 4.79 Å². The van der Waals surface area contributed by atoms with Gasteiger partial charge in [-0.25, -0.2) is 4.79 Å². The number of aromatic carboxylic acids is 1. The molecular weight excluding hydrogens is 196 g/mol. The van der Waals surface area contributed by atoms with E-state index in [-0.39, 0.29) is 11.3 Å². The zero-order chi connectivity index (χ0) is 11.6. The molecule has 1 rings (SSSR count). The molecule has 1 heterocycles. The maximum atomic E-state index is 11.3. The molecule has 0 aliphatic heterocycles. The molecule has 0 bridgehead atoms. The topological polar surface area (TPSA) is 85.3 Å². The van der Waals surface area contributed by atoms with Crippen molar-refractivity contribution in [1.82, 2.24) is 4.57 Å². The van der Waals surface area contributed by atoms with Crippen molar-refractivity contribution in [2.45, 2.75) is 20.4 Å². The van der Waals surface area contributed by atoms with Crippen molar-refractivity contribution >= 4 is 11.7 Å². The second kappa shape index (κ2) is 4.16. The number of carbonyl (C=O) groups is 1. The van der Waals surface area contributed by atoms with Crippen molar-refractivity contribution in [2.24, 2.45) is 5.92 Å². The van der Waals surface area contributed by atoms with E-state index in [9.17, 15) is 9.59 Å². The number of anilines is 1. The summed E-state index contributed by atoms with van der Waals surface area (Å²) in [4.78, 5) is 22.1. The SMILES string of the molecule is CC(C)Cn1cc(N)c(=O)c(C(=O)O)c1. The molecular formula is C10H14N2O3. The van der Waals surface area contributed by atoms with Crippen LogP contribution in [0.15, 0.2) is 17.2 Å². The first-order valence-corrected chi connectivity index (χ1v) is 4.64. The maximum absolute atomic E-state index is 11.3. The minimum Gasteiger partial charge on any atom is -0.477 e. The minimum absolute atomic E-state index is 0.0319. The predicted octanol–water partition coefficient (Wildman–Crippen LogP) is 0.785. The minimum atomic E-state index is -1.25. The molecule has 3 N–H and O–H groups in total. The van der Waals surface area contributed by atoms with Gasteiger partial charge >= 0.3 is 5.97 Å². The first kappa shape index (κ1) is 11.3. The van der Waals surface area contributed by atoms with Crippen LogP contribution in [0.1, 0.15) is 24.2 Å². The van der Waals surface area contributed by atoms with Gasteiger partial charge in [0.2, 0.25) is 5.43 Å². The Labute approximate surface area is 87.1 Å². The number of hydrogen-bond donors (Lipinski definition) is 2. The van der Waals surface area contributed by atoms with Crippen LogP contribution in [-0.2, 0) is 6.54 Å². The largest absolute Gasteiger partial charge is 0.477 e. The lowest BCUT2D eigenvalue weighted by Gasteiger charge is -2.10. The first-order valence-electron chi connectivity index (χ1n) is 4.64. The Hall–Kier alpha value is -1.78. The van der Waals surface area contributed by atoms with Gasteiger partial charge in [0.1, 0.15) is 5.56 Å². The van der Waals surface area contributed by atoms with Gasteiger partial charge in [-0.2, -0.15) is 0 Å². The van der Waals surface area contributed by atoms with E-state index in [4.69, 9.17) is 10.8 Å². The van der Waals surface area contributed by atoms with Crippen LogP contribution in [0.25, 0.3) is 0 Å². The molecule has 1 aromatic heterocycles. The van der Waals surface area contributed by atoms with Crippen LogP contribution in [-0.4, -0.2) is 15.6 Å². The summed E-state index contributed by atoms with van der Waals surface area (Å²) in [6, 6.07) is 0. The van der Waals surface area contributed by atoms with Crippen LogP contribution < -0.4 is 11.2 Å². The number of rotatable bonds is 3. The first-order chi connectivity index (χ1) is 6.91. The van der Waals surface area contributed by atoms with E-state index in [0.29, 0.717) is 12.5 Å². The van der Waals surface area contributed by atoms with Gasteiger partial charge in [0.25, 0.3) is 0 Å². The van der Waals surface area contributed by atoms with Crippen LogP contribution in [0.2, 0.25) is 0 Å². The Morgan fingerprint density at radius 3 is 2.60 bits per heavy atom. The Morgan fingerprint density at radius 2 is 2.13 bits per heavy atom. The van der Waals surface area contributed by atoms with E-state index >= 15 is 0 Å². The number of hydrogen-bond acceptors (Lipinski definition) is 3. The molecule has 0 atom stereocenters. The molecule has 5 heteroatoms. The normalized spacial score (nSPS) is 10.6. The standard InChI is InChI=1S/C10H14N2O3/c1-6(2)3-12-4-7(10(14)15)9(13)8(11)5-12/h4-6H,3,11H2,1-2H3,(H,14,15). The molecule has 82 valence electrons. The van der Waals surface area contributed by atoms with Crippen LogP contribution in [0.5, 0.6) is 0 Å². The van der Waals surface area contributed by atoms with Gasteiger partial charge < -0.3 is 15.4 Å². The molecule has 0 saturated carbocycles. The summed E-state index contributed by atoms with van der Waals surface area (Å²) < 4.78 is 1.63. The lowest BCUT2D eigenvalue weighted by atomic mass is 10.2. The van der Waals surface area contributed by atoms with Crippen molar-refractivity contribution in [2.75, 3.05) is 5.73 Å². The zero-order valence-electron chi connectivity index (χ0n) is 8.73. The van der Waals surface area contributed by atoms with Gasteiger partial charge in [-0.05, 0) is 5.92 Å². The number of aromatic nitrogens is 1. The van der Waals surface area contributed by atoms with Crippen molar-refractivity contribution in [1.29, 1.82) is 0 Å². The second-order valence-electron chi connectivity index (χ2n) is 3.85. The summed E-state index contributed by atoms with van der Waals surface area (Å²) >= 11 is 0. The van der Waals surface area contributed by atoms with Crippen molar-refractivity contribution in [3.63, 3.8) is 0 Å². The van der Waals surface area contributed by atoms with Crippen molar-refractivity contribution in [3.05, 3.63) is 28.2 Å². The summed E-state index contributed by atoms with van der Waals surface area (Å²) in [5.41, 5.74) is 4.50. The molecule has 0 radical (unpaired) electrons. The van der Waals surface area contributed by atoms with Crippen LogP contribution >= 0.6 is 0 Å². The Bertz CT molecular complexity index is 435. The van der Waals surface area contributed by atoms with Gasteiger partial charge in [0.05, 0.1) is 5.69 Å². The van der Waals surface area contributed by atoms with Gasteiger partial charge in [-0.15, -0.1) is 0 Å². The highest BCUT2D eigenvalue weighted by Gasteiger charge is 2.12. The van der Waals surface area contributed by atoms with E-state index < -0.39 is 11.4 Å².